The number of nitro benzene ring substituents is 1. The molecular weight excluding hydrogens is 450 g/mol. The molecule has 2 atom stereocenters. The van der Waals surface area contributed by atoms with E-state index < -0.39 is 10.8 Å². The highest BCUT2D eigenvalue weighted by Gasteiger charge is 2.42. The lowest BCUT2D eigenvalue weighted by Crippen LogP contribution is -2.61. The predicted octanol–water partition coefficient (Wildman–Crippen LogP) is 2.43. The van der Waals surface area contributed by atoms with Crippen molar-refractivity contribution < 1.29 is 19.2 Å². The summed E-state index contributed by atoms with van der Waals surface area (Å²) < 4.78 is 5.26. The number of nitro groups is 1. The maximum Gasteiger partial charge on any atom is 0.269 e. The number of rotatable bonds is 7. The number of piperazine rings is 1. The molecule has 2 heterocycles. The SMILES string of the molecule is COc1cccc(NC(=O)[C@@H]2Cc3cc([N+](=O)[O-])ccc3N3CCN(CC(=O)NC(C)C)C[C@H]23)c1. The maximum atomic E-state index is 13.5. The number of nitrogens with zero attached hydrogens (tertiary/aromatic N) is 3. The molecule has 35 heavy (non-hydrogen) atoms. The van der Waals surface area contributed by atoms with Crippen LogP contribution in [0.5, 0.6) is 5.75 Å². The molecule has 0 bridgehead atoms. The van der Waals surface area contributed by atoms with Gasteiger partial charge in [0, 0.05) is 55.2 Å². The first-order valence-corrected chi connectivity index (χ1v) is 11.8. The molecular formula is C25H31N5O5. The van der Waals surface area contributed by atoms with Gasteiger partial charge in [0.25, 0.3) is 5.69 Å². The van der Waals surface area contributed by atoms with Gasteiger partial charge in [0.1, 0.15) is 5.75 Å². The lowest BCUT2D eigenvalue weighted by atomic mass is 9.83. The largest absolute Gasteiger partial charge is 0.497 e. The Morgan fingerprint density at radius 1 is 1.20 bits per heavy atom. The Hall–Kier alpha value is -3.66. The molecule has 0 saturated carbocycles. The molecule has 10 heteroatoms. The van der Waals surface area contributed by atoms with E-state index in [1.165, 1.54) is 6.07 Å². The Balaban J connectivity index is 1.60. The van der Waals surface area contributed by atoms with Crippen molar-refractivity contribution in [3.05, 3.63) is 58.1 Å². The van der Waals surface area contributed by atoms with Crippen LogP contribution in [0, 0.1) is 16.0 Å². The Morgan fingerprint density at radius 2 is 2.00 bits per heavy atom. The Morgan fingerprint density at radius 3 is 2.71 bits per heavy atom. The fourth-order valence-electron chi connectivity index (χ4n) is 4.93. The highest BCUT2D eigenvalue weighted by atomic mass is 16.6. The molecule has 0 spiro atoms. The predicted molar refractivity (Wildman–Crippen MR) is 133 cm³/mol. The number of benzene rings is 2. The number of nitrogens with one attached hydrogen (secondary N) is 2. The minimum absolute atomic E-state index is 0.0122. The monoisotopic (exact) mass is 481 g/mol. The summed E-state index contributed by atoms with van der Waals surface area (Å²) in [5.41, 5.74) is 2.33. The van der Waals surface area contributed by atoms with Crippen molar-refractivity contribution in [1.82, 2.24) is 10.2 Å². The highest BCUT2D eigenvalue weighted by Crippen LogP contribution is 2.38. The Kier molecular flexibility index (Phi) is 7.20. The van der Waals surface area contributed by atoms with E-state index in [4.69, 9.17) is 4.74 Å². The van der Waals surface area contributed by atoms with Gasteiger partial charge >= 0.3 is 0 Å². The van der Waals surface area contributed by atoms with Gasteiger partial charge in [-0.3, -0.25) is 24.6 Å². The second-order valence-corrected chi connectivity index (χ2v) is 9.32. The Bertz CT molecular complexity index is 1120. The molecule has 2 aliphatic heterocycles. The van der Waals surface area contributed by atoms with Crippen molar-refractivity contribution in [2.24, 2.45) is 5.92 Å². The number of methoxy groups -OCH3 is 1. The van der Waals surface area contributed by atoms with Crippen LogP contribution in [0.4, 0.5) is 17.1 Å². The number of hydrogen-bond acceptors (Lipinski definition) is 7. The van der Waals surface area contributed by atoms with E-state index in [1.807, 2.05) is 13.8 Å². The summed E-state index contributed by atoms with van der Waals surface area (Å²) >= 11 is 0. The first-order chi connectivity index (χ1) is 16.7. The molecule has 10 nitrogen and oxygen atoms in total. The first-order valence-electron chi connectivity index (χ1n) is 11.8. The fraction of sp³-hybridized carbons (Fsp3) is 0.440. The third kappa shape index (κ3) is 5.54. The molecule has 2 N–H and O–H groups in total. The van der Waals surface area contributed by atoms with Crippen LogP contribution in [0.25, 0.3) is 0 Å². The van der Waals surface area contributed by atoms with Gasteiger partial charge in [0.2, 0.25) is 11.8 Å². The van der Waals surface area contributed by atoms with Crippen LogP contribution in [-0.4, -0.2) is 67.0 Å². The van der Waals surface area contributed by atoms with Gasteiger partial charge in [-0.25, -0.2) is 0 Å². The maximum absolute atomic E-state index is 13.5. The summed E-state index contributed by atoms with van der Waals surface area (Å²) in [6.45, 7) is 5.92. The number of carbonyl (C=O) groups is 2. The van der Waals surface area contributed by atoms with Crippen molar-refractivity contribution in [3.63, 3.8) is 0 Å². The minimum atomic E-state index is -0.452. The van der Waals surface area contributed by atoms with E-state index in [-0.39, 0.29) is 36.1 Å². The molecule has 0 aromatic heterocycles. The normalized spacial score (nSPS) is 19.5. The van der Waals surface area contributed by atoms with Crippen LogP contribution >= 0.6 is 0 Å². The minimum Gasteiger partial charge on any atom is -0.497 e. The van der Waals surface area contributed by atoms with E-state index in [1.54, 1.807) is 43.5 Å². The molecule has 0 aliphatic carbocycles. The van der Waals surface area contributed by atoms with Gasteiger partial charge in [-0.15, -0.1) is 0 Å². The van der Waals surface area contributed by atoms with Crippen molar-refractivity contribution >= 4 is 28.9 Å². The second-order valence-electron chi connectivity index (χ2n) is 9.32. The number of ether oxygens (including phenoxy) is 1. The lowest BCUT2D eigenvalue weighted by molar-refractivity contribution is -0.384. The van der Waals surface area contributed by atoms with E-state index in [0.717, 1.165) is 11.3 Å². The van der Waals surface area contributed by atoms with Gasteiger partial charge in [-0.2, -0.15) is 0 Å². The summed E-state index contributed by atoms with van der Waals surface area (Å²) in [6.07, 6.45) is 0.375. The van der Waals surface area contributed by atoms with E-state index in [2.05, 4.69) is 20.4 Å². The average Bonchev–Trinajstić information content (AvgIpc) is 2.82. The molecule has 1 fully saturated rings. The summed E-state index contributed by atoms with van der Waals surface area (Å²) in [5, 5.41) is 17.3. The molecule has 2 aromatic carbocycles. The van der Waals surface area contributed by atoms with E-state index >= 15 is 0 Å². The third-order valence-corrected chi connectivity index (χ3v) is 6.48. The van der Waals surface area contributed by atoms with Crippen molar-refractivity contribution in [1.29, 1.82) is 0 Å². The van der Waals surface area contributed by atoms with Gasteiger partial charge in [-0.05, 0) is 44.0 Å². The standard InChI is InChI=1S/C25H31N5O5/c1-16(2)26-24(31)15-28-9-10-29-22-8-7-19(30(33)34)11-17(22)12-21(23(29)14-28)25(32)27-18-5-4-6-20(13-18)35-3/h4-8,11,13,16,21,23H,9-10,12,14-15H2,1-3H3,(H,26,31)(H,27,32)/t21-,23-/m1/s1. The number of fused-ring (bicyclic) bond motifs is 3. The number of hydrogen-bond donors (Lipinski definition) is 2. The lowest BCUT2D eigenvalue weighted by Gasteiger charge is -2.49. The molecule has 2 aliphatic rings. The number of anilines is 2. The number of non-ortho nitro benzene ring substituents is 1. The summed E-state index contributed by atoms with van der Waals surface area (Å²) in [6, 6.07) is 11.9. The van der Waals surface area contributed by atoms with Gasteiger partial charge in [-0.1, -0.05) is 6.07 Å². The van der Waals surface area contributed by atoms with Gasteiger partial charge < -0.3 is 20.3 Å². The molecule has 1 saturated heterocycles. The quantitative estimate of drug-likeness (QED) is 0.461. The van der Waals surface area contributed by atoms with E-state index in [9.17, 15) is 19.7 Å². The zero-order valence-electron chi connectivity index (χ0n) is 20.2. The first kappa shape index (κ1) is 24.5. The second kappa shape index (κ2) is 10.3. The van der Waals surface area contributed by atoms with Crippen molar-refractivity contribution in [2.45, 2.75) is 32.4 Å². The fourth-order valence-corrected chi connectivity index (χ4v) is 4.93. The zero-order valence-corrected chi connectivity index (χ0v) is 20.2. The molecule has 186 valence electrons. The summed E-state index contributed by atoms with van der Waals surface area (Å²) in [7, 11) is 1.57. The third-order valence-electron chi connectivity index (χ3n) is 6.48. The van der Waals surface area contributed by atoms with Gasteiger partial charge in [0.05, 0.1) is 30.5 Å². The molecule has 0 radical (unpaired) electrons. The van der Waals surface area contributed by atoms with Crippen LogP contribution in [0.2, 0.25) is 0 Å². The van der Waals surface area contributed by atoms with Crippen LogP contribution in [0.1, 0.15) is 19.4 Å². The van der Waals surface area contributed by atoms with Crippen LogP contribution < -0.4 is 20.3 Å². The number of amides is 2. The van der Waals surface area contributed by atoms with Crippen molar-refractivity contribution in [2.75, 3.05) is 43.5 Å². The molecule has 4 rings (SSSR count). The zero-order chi connectivity index (χ0) is 25.1. The Labute approximate surface area is 204 Å². The molecule has 0 unspecified atom stereocenters. The van der Waals surface area contributed by atoms with Gasteiger partial charge in [0.15, 0.2) is 0 Å². The summed E-state index contributed by atoms with van der Waals surface area (Å²) in [4.78, 5) is 41.1. The summed E-state index contributed by atoms with van der Waals surface area (Å²) in [5.74, 6) is -0.0303. The molecule has 2 aromatic rings. The van der Waals surface area contributed by atoms with E-state index in [0.29, 0.717) is 37.5 Å². The van der Waals surface area contributed by atoms with Crippen LogP contribution in [0.3, 0.4) is 0 Å². The average molecular weight is 482 g/mol. The van der Waals surface area contributed by atoms with Crippen LogP contribution in [0.15, 0.2) is 42.5 Å². The highest BCUT2D eigenvalue weighted by molar-refractivity contribution is 5.94. The smallest absolute Gasteiger partial charge is 0.269 e. The number of carbonyl (C=O) groups excluding carboxylic acids is 2. The van der Waals surface area contributed by atoms with Crippen LogP contribution in [-0.2, 0) is 16.0 Å². The van der Waals surface area contributed by atoms with Crippen molar-refractivity contribution in [3.8, 4) is 5.75 Å². The topological polar surface area (TPSA) is 117 Å². The molecule has 2 amide bonds.